The number of nitriles is 1. The van der Waals surface area contributed by atoms with Crippen molar-refractivity contribution in [3.8, 4) is 6.07 Å². The first-order valence-electron chi connectivity index (χ1n) is 6.10. The Labute approximate surface area is 124 Å². The maximum atomic E-state index is 13.2. The van der Waals surface area contributed by atoms with Gasteiger partial charge in [-0.05, 0) is 57.2 Å². The maximum absolute atomic E-state index is 13.2. The Balaban J connectivity index is 2.02. The molecule has 0 saturated carbocycles. The summed E-state index contributed by atoms with van der Waals surface area (Å²) in [5, 5.41) is 10.1. The van der Waals surface area contributed by atoms with Crippen LogP contribution in [-0.2, 0) is 6.54 Å². The van der Waals surface area contributed by atoms with Crippen LogP contribution in [0, 0.1) is 17.1 Å². The molecule has 0 atom stereocenters. The summed E-state index contributed by atoms with van der Waals surface area (Å²) in [4.78, 5) is 0. The van der Waals surface area contributed by atoms with E-state index >= 15 is 0 Å². The van der Waals surface area contributed by atoms with Crippen molar-refractivity contribution in [2.75, 3.05) is 0 Å². The van der Waals surface area contributed by atoms with Crippen LogP contribution < -0.4 is 0 Å². The van der Waals surface area contributed by atoms with E-state index in [1.807, 2.05) is 24.4 Å². The third-order valence-corrected chi connectivity index (χ3v) is 3.85. The first-order valence-corrected chi connectivity index (χ1v) is 6.89. The first-order chi connectivity index (χ1) is 9.67. The van der Waals surface area contributed by atoms with Crippen molar-refractivity contribution in [1.29, 1.82) is 5.26 Å². The average Bonchev–Trinajstić information content (AvgIpc) is 2.85. The summed E-state index contributed by atoms with van der Waals surface area (Å²) < 4.78 is 15.8. The zero-order chi connectivity index (χ0) is 14.1. The summed E-state index contributed by atoms with van der Waals surface area (Å²) in [6.07, 6.45) is 1.98. The van der Waals surface area contributed by atoms with Crippen LogP contribution in [0.1, 0.15) is 11.1 Å². The van der Waals surface area contributed by atoms with Crippen molar-refractivity contribution in [2.24, 2.45) is 0 Å². The van der Waals surface area contributed by atoms with Gasteiger partial charge < -0.3 is 4.57 Å². The highest BCUT2D eigenvalue weighted by molar-refractivity contribution is 9.10. The van der Waals surface area contributed by atoms with Crippen molar-refractivity contribution in [3.63, 3.8) is 0 Å². The van der Waals surface area contributed by atoms with Gasteiger partial charge in [0.25, 0.3) is 0 Å². The molecule has 0 spiro atoms. The van der Waals surface area contributed by atoms with Crippen LogP contribution in [0.2, 0.25) is 0 Å². The van der Waals surface area contributed by atoms with Crippen LogP contribution in [0.25, 0.3) is 10.9 Å². The van der Waals surface area contributed by atoms with Crippen LogP contribution in [0.4, 0.5) is 4.39 Å². The molecule has 0 aliphatic heterocycles. The fraction of sp³-hybridized carbons (Fsp3) is 0.0625. The second-order valence-electron chi connectivity index (χ2n) is 4.58. The van der Waals surface area contributed by atoms with Gasteiger partial charge in [-0.1, -0.05) is 12.1 Å². The number of rotatable bonds is 2. The summed E-state index contributed by atoms with van der Waals surface area (Å²) in [7, 11) is 0. The van der Waals surface area contributed by atoms with E-state index < -0.39 is 0 Å². The Morgan fingerprint density at radius 2 is 2.00 bits per heavy atom. The maximum Gasteiger partial charge on any atom is 0.137 e. The Hall–Kier alpha value is -2.12. The Morgan fingerprint density at radius 3 is 2.75 bits per heavy atom. The fourth-order valence-corrected chi connectivity index (χ4v) is 2.65. The van der Waals surface area contributed by atoms with Crippen LogP contribution in [0.5, 0.6) is 0 Å². The van der Waals surface area contributed by atoms with Crippen LogP contribution in [0.3, 0.4) is 0 Å². The lowest BCUT2D eigenvalue weighted by atomic mass is 10.2. The lowest BCUT2D eigenvalue weighted by Gasteiger charge is -2.07. The van der Waals surface area contributed by atoms with Gasteiger partial charge in [-0.3, -0.25) is 0 Å². The topological polar surface area (TPSA) is 28.7 Å². The smallest absolute Gasteiger partial charge is 0.137 e. The van der Waals surface area contributed by atoms with Gasteiger partial charge in [0.1, 0.15) is 5.82 Å². The number of benzene rings is 2. The Morgan fingerprint density at radius 1 is 1.15 bits per heavy atom. The van der Waals surface area contributed by atoms with Gasteiger partial charge in [0.15, 0.2) is 0 Å². The van der Waals surface area contributed by atoms with Gasteiger partial charge >= 0.3 is 0 Å². The highest BCUT2D eigenvalue weighted by Gasteiger charge is 2.05. The highest BCUT2D eigenvalue weighted by Crippen LogP contribution is 2.21. The van der Waals surface area contributed by atoms with Crippen molar-refractivity contribution in [1.82, 2.24) is 4.57 Å². The summed E-state index contributed by atoms with van der Waals surface area (Å²) >= 11 is 3.20. The molecule has 1 aromatic heterocycles. The molecule has 1 heterocycles. The quantitative estimate of drug-likeness (QED) is 0.682. The number of hydrogen-bond acceptors (Lipinski definition) is 1. The van der Waals surface area contributed by atoms with Gasteiger partial charge in [0, 0.05) is 18.3 Å². The number of hydrogen-bond donors (Lipinski definition) is 0. The molecule has 0 aliphatic rings. The zero-order valence-corrected chi connectivity index (χ0v) is 12.1. The van der Waals surface area contributed by atoms with E-state index in [-0.39, 0.29) is 5.82 Å². The minimum atomic E-state index is -0.266. The summed E-state index contributed by atoms with van der Waals surface area (Å²) in [6, 6.07) is 14.8. The SMILES string of the molecule is N#Cc1ccc2ccn(Cc3ccc(F)c(Br)c3)c2c1. The van der Waals surface area contributed by atoms with E-state index in [1.54, 1.807) is 18.2 Å². The molecule has 2 nitrogen and oxygen atoms in total. The van der Waals surface area contributed by atoms with E-state index in [2.05, 4.69) is 26.6 Å². The molecule has 0 bridgehead atoms. The summed E-state index contributed by atoms with van der Waals surface area (Å²) in [5.74, 6) is -0.266. The Kier molecular flexibility index (Phi) is 3.29. The molecule has 0 radical (unpaired) electrons. The van der Waals surface area contributed by atoms with Crippen LogP contribution >= 0.6 is 15.9 Å². The molecule has 0 aliphatic carbocycles. The fourth-order valence-electron chi connectivity index (χ4n) is 2.23. The lowest BCUT2D eigenvalue weighted by molar-refractivity contribution is 0.619. The molecule has 2 aromatic carbocycles. The predicted molar refractivity (Wildman–Crippen MR) is 79.9 cm³/mol. The number of fused-ring (bicyclic) bond motifs is 1. The molecular weight excluding hydrogens is 319 g/mol. The van der Waals surface area contributed by atoms with Gasteiger partial charge in [-0.25, -0.2) is 4.39 Å². The van der Waals surface area contributed by atoms with E-state index in [1.165, 1.54) is 6.07 Å². The zero-order valence-electron chi connectivity index (χ0n) is 10.5. The molecule has 0 N–H and O–H groups in total. The molecule has 3 aromatic rings. The van der Waals surface area contributed by atoms with Gasteiger partial charge in [-0.2, -0.15) is 5.26 Å². The largest absolute Gasteiger partial charge is 0.343 e. The minimum absolute atomic E-state index is 0.266. The second-order valence-corrected chi connectivity index (χ2v) is 5.43. The van der Waals surface area contributed by atoms with E-state index in [0.717, 1.165) is 16.5 Å². The molecule has 98 valence electrons. The standard InChI is InChI=1S/C16H10BrFN2/c17-14-7-12(2-4-15(14)18)10-20-6-5-13-3-1-11(9-19)8-16(13)20/h1-8H,10H2. The van der Waals surface area contributed by atoms with Crippen molar-refractivity contribution in [2.45, 2.75) is 6.54 Å². The van der Waals surface area contributed by atoms with Gasteiger partial charge in [0.05, 0.1) is 16.1 Å². The lowest BCUT2D eigenvalue weighted by Crippen LogP contribution is -1.98. The molecule has 0 amide bonds. The Bertz CT molecular complexity index is 830. The van der Waals surface area contributed by atoms with E-state index in [4.69, 9.17) is 5.26 Å². The minimum Gasteiger partial charge on any atom is -0.343 e. The summed E-state index contributed by atoms with van der Waals surface area (Å²) in [6.45, 7) is 0.636. The summed E-state index contributed by atoms with van der Waals surface area (Å²) in [5.41, 5.74) is 2.64. The predicted octanol–water partition coefficient (Wildman–Crippen LogP) is 4.46. The van der Waals surface area contributed by atoms with Crippen molar-refractivity contribution < 1.29 is 4.39 Å². The third-order valence-electron chi connectivity index (χ3n) is 3.24. The highest BCUT2D eigenvalue weighted by atomic mass is 79.9. The van der Waals surface area contributed by atoms with Crippen molar-refractivity contribution in [3.05, 3.63) is 70.1 Å². The first kappa shape index (κ1) is 12.9. The molecule has 0 fully saturated rings. The van der Waals surface area contributed by atoms with Crippen molar-refractivity contribution >= 4 is 26.8 Å². The van der Waals surface area contributed by atoms with Crippen LogP contribution in [0.15, 0.2) is 53.1 Å². The normalized spacial score (nSPS) is 10.7. The molecule has 3 rings (SSSR count). The third kappa shape index (κ3) is 2.33. The van der Waals surface area contributed by atoms with Gasteiger partial charge in [0.2, 0.25) is 0 Å². The molecule has 0 unspecified atom stereocenters. The second kappa shape index (κ2) is 5.10. The number of aromatic nitrogens is 1. The average molecular weight is 329 g/mol. The van der Waals surface area contributed by atoms with E-state index in [9.17, 15) is 4.39 Å². The molecular formula is C16H10BrFN2. The number of nitrogens with zero attached hydrogens (tertiary/aromatic N) is 2. The molecule has 0 saturated heterocycles. The van der Waals surface area contributed by atoms with Gasteiger partial charge in [-0.15, -0.1) is 0 Å². The molecule has 20 heavy (non-hydrogen) atoms. The monoisotopic (exact) mass is 328 g/mol. The number of halogens is 2. The van der Waals surface area contributed by atoms with Crippen LogP contribution in [-0.4, -0.2) is 4.57 Å². The molecule has 4 heteroatoms. The van der Waals surface area contributed by atoms with E-state index in [0.29, 0.717) is 16.6 Å².